The van der Waals surface area contributed by atoms with E-state index in [1.54, 1.807) is 18.0 Å². The largest absolute Gasteiger partial charge is 0.466 e. The Labute approximate surface area is 153 Å². The summed E-state index contributed by atoms with van der Waals surface area (Å²) in [5, 5.41) is 0. The van der Waals surface area contributed by atoms with Gasteiger partial charge < -0.3 is 9.64 Å². The van der Waals surface area contributed by atoms with Crippen LogP contribution in [-0.4, -0.2) is 39.9 Å². The third kappa shape index (κ3) is 4.45. The highest BCUT2D eigenvalue weighted by Crippen LogP contribution is 2.40. The van der Waals surface area contributed by atoms with E-state index < -0.39 is 0 Å². The van der Waals surface area contributed by atoms with Crippen LogP contribution in [0.25, 0.3) is 0 Å². The average molecular weight is 353 g/mol. The smallest absolute Gasteiger partial charge is 0.309 e. The van der Waals surface area contributed by atoms with Gasteiger partial charge in [-0.2, -0.15) is 0 Å². The van der Waals surface area contributed by atoms with Crippen LogP contribution < -0.4 is 0 Å². The van der Waals surface area contributed by atoms with Crippen molar-refractivity contribution in [3.05, 3.63) is 59.7 Å². The van der Waals surface area contributed by atoms with E-state index in [-0.39, 0.29) is 23.7 Å². The summed E-state index contributed by atoms with van der Waals surface area (Å²) in [4.78, 5) is 34.9. The van der Waals surface area contributed by atoms with Gasteiger partial charge in [-0.25, -0.2) is 4.98 Å². The van der Waals surface area contributed by atoms with Gasteiger partial charge in [-0.1, -0.05) is 30.3 Å². The van der Waals surface area contributed by atoms with Crippen molar-refractivity contribution >= 4 is 11.9 Å². The summed E-state index contributed by atoms with van der Waals surface area (Å²) in [6, 6.07) is 9.80. The maximum absolute atomic E-state index is 12.9. The predicted octanol–water partition coefficient (Wildman–Crippen LogP) is 2.63. The first-order valence-electron chi connectivity index (χ1n) is 8.87. The molecule has 2 unspecified atom stereocenters. The molecule has 136 valence electrons. The summed E-state index contributed by atoms with van der Waals surface area (Å²) in [5.41, 5.74) is 2.12. The zero-order valence-electron chi connectivity index (χ0n) is 15.1. The fourth-order valence-electron chi connectivity index (χ4n) is 2.96. The van der Waals surface area contributed by atoms with Crippen LogP contribution in [0.1, 0.15) is 35.1 Å². The number of aryl methyl sites for hydroxylation is 1. The summed E-state index contributed by atoms with van der Waals surface area (Å²) in [6.45, 7) is 5.00. The lowest BCUT2D eigenvalue weighted by atomic mass is 10.2. The van der Waals surface area contributed by atoms with Crippen molar-refractivity contribution in [2.24, 2.45) is 11.8 Å². The Morgan fingerprint density at radius 2 is 1.96 bits per heavy atom. The summed E-state index contributed by atoms with van der Waals surface area (Å²) >= 11 is 0. The van der Waals surface area contributed by atoms with Crippen molar-refractivity contribution in [2.75, 3.05) is 13.2 Å². The molecular formula is C20H23N3O3. The fourth-order valence-corrected chi connectivity index (χ4v) is 2.96. The molecule has 0 spiro atoms. The van der Waals surface area contributed by atoms with Crippen molar-refractivity contribution < 1.29 is 14.3 Å². The van der Waals surface area contributed by atoms with E-state index in [2.05, 4.69) is 9.97 Å². The third-order valence-corrected chi connectivity index (χ3v) is 4.47. The van der Waals surface area contributed by atoms with Crippen molar-refractivity contribution in [2.45, 2.75) is 26.8 Å². The zero-order chi connectivity index (χ0) is 18.5. The lowest BCUT2D eigenvalue weighted by Crippen LogP contribution is -2.33. The standard InChI is InChI=1S/C20H23N3O3/c1-3-26-20(25)17-9-16(17)13-23(12-15-7-5-4-6-8-15)19(24)18-11-21-14(2)10-22-18/h4-8,10-11,16-17H,3,9,12-13H2,1-2H3. The van der Waals surface area contributed by atoms with E-state index in [1.165, 1.54) is 6.20 Å². The fraction of sp³-hybridized carbons (Fsp3) is 0.400. The van der Waals surface area contributed by atoms with Crippen LogP contribution in [0.4, 0.5) is 0 Å². The molecule has 2 aromatic rings. The molecule has 0 saturated heterocycles. The van der Waals surface area contributed by atoms with Crippen molar-refractivity contribution in [1.82, 2.24) is 14.9 Å². The third-order valence-electron chi connectivity index (χ3n) is 4.47. The number of carbonyl (C=O) groups is 2. The van der Waals surface area contributed by atoms with Gasteiger partial charge >= 0.3 is 5.97 Å². The molecule has 0 radical (unpaired) electrons. The summed E-state index contributed by atoms with van der Waals surface area (Å²) < 4.78 is 5.09. The maximum atomic E-state index is 12.9. The number of amides is 1. The number of hydrogen-bond donors (Lipinski definition) is 0. The van der Waals surface area contributed by atoms with Crippen LogP contribution in [0.2, 0.25) is 0 Å². The predicted molar refractivity (Wildman–Crippen MR) is 96.2 cm³/mol. The van der Waals surface area contributed by atoms with E-state index in [0.29, 0.717) is 25.4 Å². The van der Waals surface area contributed by atoms with Crippen LogP contribution in [0.5, 0.6) is 0 Å². The minimum absolute atomic E-state index is 0.106. The summed E-state index contributed by atoms with van der Waals surface area (Å²) in [7, 11) is 0. The molecule has 0 bridgehead atoms. The van der Waals surface area contributed by atoms with Gasteiger partial charge in [0.1, 0.15) is 5.69 Å². The summed E-state index contributed by atoms with van der Waals surface area (Å²) in [6.07, 6.45) is 3.86. The Bertz CT molecular complexity index is 762. The lowest BCUT2D eigenvalue weighted by molar-refractivity contribution is -0.145. The average Bonchev–Trinajstić information content (AvgIpc) is 3.42. The minimum Gasteiger partial charge on any atom is -0.466 e. The molecule has 1 aromatic carbocycles. The highest BCUT2D eigenvalue weighted by Gasteiger charge is 2.45. The second-order valence-corrected chi connectivity index (χ2v) is 6.57. The van der Waals surface area contributed by atoms with Crippen molar-refractivity contribution in [3.8, 4) is 0 Å². The Morgan fingerprint density at radius 1 is 1.19 bits per heavy atom. The maximum Gasteiger partial charge on any atom is 0.309 e. The van der Waals surface area contributed by atoms with E-state index in [4.69, 9.17) is 4.74 Å². The molecule has 1 aliphatic carbocycles. The number of aromatic nitrogens is 2. The van der Waals surface area contributed by atoms with Gasteiger partial charge in [-0.15, -0.1) is 0 Å². The van der Waals surface area contributed by atoms with E-state index >= 15 is 0 Å². The van der Waals surface area contributed by atoms with Crippen LogP contribution in [0, 0.1) is 18.8 Å². The van der Waals surface area contributed by atoms with Gasteiger partial charge in [-0.05, 0) is 31.7 Å². The van der Waals surface area contributed by atoms with Crippen LogP contribution in [0.3, 0.4) is 0 Å². The minimum atomic E-state index is -0.170. The molecule has 0 aliphatic heterocycles. The number of ether oxygens (including phenoxy) is 1. The molecule has 0 N–H and O–H groups in total. The second kappa shape index (κ2) is 8.08. The number of esters is 1. The first-order chi connectivity index (χ1) is 12.6. The zero-order valence-corrected chi connectivity index (χ0v) is 15.1. The van der Waals surface area contributed by atoms with Crippen molar-refractivity contribution in [1.29, 1.82) is 0 Å². The monoisotopic (exact) mass is 353 g/mol. The van der Waals surface area contributed by atoms with Gasteiger partial charge in [-0.3, -0.25) is 14.6 Å². The van der Waals surface area contributed by atoms with Gasteiger partial charge in [0.15, 0.2) is 0 Å². The molecule has 1 aliphatic rings. The molecule has 1 heterocycles. The molecule has 3 rings (SSSR count). The van der Waals surface area contributed by atoms with Crippen LogP contribution in [0.15, 0.2) is 42.7 Å². The second-order valence-electron chi connectivity index (χ2n) is 6.57. The molecule has 2 atom stereocenters. The Balaban J connectivity index is 1.73. The Kier molecular flexibility index (Phi) is 5.61. The molecule has 6 nitrogen and oxygen atoms in total. The van der Waals surface area contributed by atoms with Gasteiger partial charge in [0.25, 0.3) is 5.91 Å². The van der Waals surface area contributed by atoms with Gasteiger partial charge in [0, 0.05) is 19.3 Å². The summed E-state index contributed by atoms with van der Waals surface area (Å²) in [5.74, 6) is -0.305. The molecule has 6 heteroatoms. The Hall–Kier alpha value is -2.76. The molecular weight excluding hydrogens is 330 g/mol. The number of rotatable bonds is 7. The topological polar surface area (TPSA) is 72.4 Å². The SMILES string of the molecule is CCOC(=O)C1CC1CN(Cc1ccccc1)C(=O)c1cnc(C)cn1. The molecule has 26 heavy (non-hydrogen) atoms. The van der Waals surface area contributed by atoms with E-state index in [9.17, 15) is 9.59 Å². The van der Waals surface area contributed by atoms with Gasteiger partial charge in [0.05, 0.1) is 24.4 Å². The number of benzene rings is 1. The highest BCUT2D eigenvalue weighted by molar-refractivity contribution is 5.92. The first-order valence-corrected chi connectivity index (χ1v) is 8.87. The Morgan fingerprint density at radius 3 is 2.62 bits per heavy atom. The number of hydrogen-bond acceptors (Lipinski definition) is 5. The molecule has 1 fully saturated rings. The first kappa shape index (κ1) is 18.0. The normalized spacial score (nSPS) is 18.2. The quantitative estimate of drug-likeness (QED) is 0.716. The van der Waals surface area contributed by atoms with Crippen molar-refractivity contribution in [3.63, 3.8) is 0 Å². The van der Waals surface area contributed by atoms with Gasteiger partial charge in [0.2, 0.25) is 0 Å². The van der Waals surface area contributed by atoms with E-state index in [0.717, 1.165) is 17.7 Å². The number of nitrogens with zero attached hydrogens (tertiary/aromatic N) is 3. The highest BCUT2D eigenvalue weighted by atomic mass is 16.5. The number of carbonyl (C=O) groups excluding carboxylic acids is 2. The molecule has 1 amide bonds. The molecule has 1 aromatic heterocycles. The van der Waals surface area contributed by atoms with E-state index in [1.807, 2.05) is 37.3 Å². The van der Waals surface area contributed by atoms with Crippen LogP contribution in [-0.2, 0) is 16.1 Å². The van der Waals surface area contributed by atoms with Crippen LogP contribution >= 0.6 is 0 Å². The lowest BCUT2D eigenvalue weighted by Gasteiger charge is -2.22. The molecule has 1 saturated carbocycles.